The van der Waals surface area contributed by atoms with Gasteiger partial charge in [0.25, 0.3) is 0 Å². The third kappa shape index (κ3) is 0.987. The largest absolute Gasteiger partial charge is 0.244 e. The van der Waals surface area contributed by atoms with Gasteiger partial charge in [-0.25, -0.2) is 15.0 Å². The highest BCUT2D eigenvalue weighted by atomic mass is 32.1. The molecule has 3 aromatic rings. The fourth-order valence-corrected chi connectivity index (χ4v) is 5.88. The van der Waals surface area contributed by atoms with Crippen LogP contribution in [0.3, 0.4) is 0 Å². The molecule has 1 aromatic carbocycles. The number of aliphatic imine (C=N–C) groups is 1. The molecule has 0 N–H and O–H groups in total. The molecule has 0 saturated heterocycles. The number of allylic oxidation sites excluding steroid dienone is 4. The van der Waals surface area contributed by atoms with Crippen molar-refractivity contribution in [2.45, 2.75) is 11.3 Å². The quantitative estimate of drug-likeness (QED) is 0.630. The minimum Gasteiger partial charge on any atom is -0.244 e. The molecule has 24 heavy (non-hydrogen) atoms. The number of benzene rings is 1. The summed E-state index contributed by atoms with van der Waals surface area (Å²) >= 11 is 1.78. The zero-order valence-electron chi connectivity index (χ0n) is 12.4. The molecule has 3 nitrogen and oxygen atoms in total. The zero-order valence-corrected chi connectivity index (χ0v) is 13.3. The van der Waals surface area contributed by atoms with Crippen molar-refractivity contribution in [3.63, 3.8) is 0 Å². The number of nitrogens with zero attached hydrogens (tertiary/aromatic N) is 3. The third-order valence-electron chi connectivity index (χ3n) is 5.85. The number of thiophene rings is 1. The molecule has 2 unspecified atom stereocenters. The summed E-state index contributed by atoms with van der Waals surface area (Å²) in [5.74, 6) is 3.29. The predicted octanol–water partition coefficient (Wildman–Crippen LogP) is 3.85. The van der Waals surface area contributed by atoms with Gasteiger partial charge in [0, 0.05) is 30.0 Å². The molecule has 4 aliphatic carbocycles. The van der Waals surface area contributed by atoms with E-state index in [0.717, 1.165) is 5.69 Å². The molecule has 0 fully saturated rings. The maximum atomic E-state index is 4.74. The first kappa shape index (κ1) is 11.7. The first-order chi connectivity index (χ1) is 11.9. The molecular weight excluding hydrogens is 314 g/mol. The van der Waals surface area contributed by atoms with Gasteiger partial charge in [-0.15, -0.1) is 0 Å². The summed E-state index contributed by atoms with van der Waals surface area (Å²) in [6.07, 6.45) is 9.75. The lowest BCUT2D eigenvalue weighted by Crippen LogP contribution is -2.31. The molecule has 3 heterocycles. The summed E-state index contributed by atoms with van der Waals surface area (Å²) in [5.41, 5.74) is 9.18. The van der Waals surface area contributed by atoms with Gasteiger partial charge in [-0.05, 0) is 67.4 Å². The highest BCUT2D eigenvalue weighted by Gasteiger charge is 2.66. The Morgan fingerprint density at radius 1 is 1.17 bits per heavy atom. The van der Waals surface area contributed by atoms with Crippen molar-refractivity contribution in [2.75, 3.05) is 0 Å². The fourth-order valence-electron chi connectivity index (χ4n) is 5.08. The molecule has 1 aliphatic heterocycles. The van der Waals surface area contributed by atoms with Gasteiger partial charge in [-0.2, -0.15) is 11.3 Å². The first-order valence-electron chi connectivity index (χ1n) is 7.96. The van der Waals surface area contributed by atoms with E-state index in [4.69, 9.17) is 4.98 Å². The lowest BCUT2D eigenvalue weighted by molar-refractivity contribution is 0.708. The van der Waals surface area contributed by atoms with Crippen molar-refractivity contribution < 1.29 is 0 Å². The second-order valence-electron chi connectivity index (χ2n) is 6.69. The molecule has 5 aliphatic rings. The Labute approximate surface area is 141 Å². The minimum atomic E-state index is -0.197. The van der Waals surface area contributed by atoms with Gasteiger partial charge in [-0.3, -0.25) is 0 Å². The number of hydrogen-bond acceptors (Lipinski definition) is 4. The van der Waals surface area contributed by atoms with E-state index in [9.17, 15) is 0 Å². The Morgan fingerprint density at radius 2 is 2.17 bits per heavy atom. The maximum absolute atomic E-state index is 4.74. The first-order valence-corrected chi connectivity index (χ1v) is 8.90. The Bertz CT molecular complexity index is 1250. The van der Waals surface area contributed by atoms with Gasteiger partial charge in [0.15, 0.2) is 0 Å². The van der Waals surface area contributed by atoms with E-state index in [0.29, 0.717) is 0 Å². The summed E-state index contributed by atoms with van der Waals surface area (Å²) in [4.78, 5) is 13.3. The number of rotatable bonds is 0. The van der Waals surface area contributed by atoms with Crippen molar-refractivity contribution >= 4 is 28.0 Å². The van der Waals surface area contributed by atoms with Crippen LogP contribution in [0.4, 0.5) is 0 Å². The zero-order chi connectivity index (χ0) is 15.5. The standard InChI is InChI=1S/C20H9N3S/c1-3-21-4-2-15-11(1)16-12-5-10-7-24-8-14(10)18-17(12)20(15,18)19-13(16)6-22-9-23-19/h1-3,5-9,16H. The van der Waals surface area contributed by atoms with Gasteiger partial charge in [0.2, 0.25) is 0 Å². The molecule has 2 bridgehead atoms. The van der Waals surface area contributed by atoms with Crippen LogP contribution in [0.25, 0.3) is 10.8 Å². The Kier molecular flexibility index (Phi) is 1.70. The molecule has 0 radical (unpaired) electrons. The molecule has 110 valence electrons. The van der Waals surface area contributed by atoms with Crippen LogP contribution in [0.15, 0.2) is 63.8 Å². The third-order valence-corrected chi connectivity index (χ3v) is 6.62. The molecule has 0 amide bonds. The van der Waals surface area contributed by atoms with E-state index in [1.165, 1.54) is 44.2 Å². The molecule has 8 rings (SSSR count). The van der Waals surface area contributed by atoms with Crippen LogP contribution in [0.1, 0.15) is 33.9 Å². The lowest BCUT2D eigenvalue weighted by Gasteiger charge is -2.38. The SMILES string of the molecule is C1=CC2=C(C=CN=1)C1c3cncnc3C23c2c1cc1cscc1c23. The molecule has 2 aromatic heterocycles. The average molecular weight is 323 g/mol. The van der Waals surface area contributed by atoms with Gasteiger partial charge in [0.1, 0.15) is 6.33 Å². The molecule has 2 atom stereocenters. The van der Waals surface area contributed by atoms with Crippen LogP contribution in [0.2, 0.25) is 0 Å². The van der Waals surface area contributed by atoms with E-state index in [1.807, 2.05) is 12.4 Å². The smallest absolute Gasteiger partial charge is 0.115 e. The van der Waals surface area contributed by atoms with Crippen molar-refractivity contribution in [2.24, 2.45) is 4.99 Å². The van der Waals surface area contributed by atoms with Crippen molar-refractivity contribution in [3.05, 3.63) is 86.8 Å². The van der Waals surface area contributed by atoms with Crippen molar-refractivity contribution in [1.82, 2.24) is 9.97 Å². The van der Waals surface area contributed by atoms with Gasteiger partial charge in [-0.1, -0.05) is 0 Å². The van der Waals surface area contributed by atoms with E-state index in [-0.39, 0.29) is 11.3 Å². The Morgan fingerprint density at radius 3 is 3.17 bits per heavy atom. The topological polar surface area (TPSA) is 38.1 Å². The summed E-state index contributed by atoms with van der Waals surface area (Å²) in [6, 6.07) is 2.38. The van der Waals surface area contributed by atoms with Crippen LogP contribution in [0.5, 0.6) is 0 Å². The second-order valence-corrected chi connectivity index (χ2v) is 7.43. The van der Waals surface area contributed by atoms with Gasteiger partial charge < -0.3 is 0 Å². The second kappa shape index (κ2) is 3.48. The van der Waals surface area contributed by atoms with Crippen LogP contribution >= 0.6 is 11.3 Å². The fraction of sp³-hybridized carbons (Fsp3) is 0.100. The van der Waals surface area contributed by atoms with E-state index in [1.54, 1.807) is 17.7 Å². The molecule has 4 heteroatoms. The van der Waals surface area contributed by atoms with Crippen molar-refractivity contribution in [3.8, 4) is 0 Å². The highest BCUT2D eigenvalue weighted by molar-refractivity contribution is 7.09. The summed E-state index contributed by atoms with van der Waals surface area (Å²) in [5, 5.41) is 7.25. The number of aromatic nitrogens is 2. The number of hydrogen-bond donors (Lipinski definition) is 0. The van der Waals surface area contributed by atoms with Crippen LogP contribution < -0.4 is 0 Å². The summed E-state index contributed by atoms with van der Waals surface area (Å²) in [6.45, 7) is 0. The predicted molar refractivity (Wildman–Crippen MR) is 93.8 cm³/mol. The minimum absolute atomic E-state index is 0.197. The van der Waals surface area contributed by atoms with Crippen molar-refractivity contribution in [1.29, 1.82) is 0 Å². The molecule has 0 saturated carbocycles. The van der Waals surface area contributed by atoms with Gasteiger partial charge in [0.05, 0.1) is 11.1 Å². The van der Waals surface area contributed by atoms with E-state index < -0.39 is 0 Å². The summed E-state index contributed by atoms with van der Waals surface area (Å²) in [7, 11) is 0. The monoisotopic (exact) mass is 323 g/mol. The highest BCUT2D eigenvalue weighted by Crippen LogP contribution is 2.73. The normalized spacial score (nSPS) is 26.4. The van der Waals surface area contributed by atoms with E-state index in [2.05, 4.69) is 44.8 Å². The average Bonchev–Trinajstić information content (AvgIpc) is 3.20. The van der Waals surface area contributed by atoms with E-state index >= 15 is 0 Å². The van der Waals surface area contributed by atoms with Gasteiger partial charge >= 0.3 is 0 Å². The summed E-state index contributed by atoms with van der Waals surface area (Å²) < 4.78 is 0. The lowest BCUT2D eigenvalue weighted by atomic mass is 9.64. The Balaban J connectivity index is 1.74. The molecule has 1 spiro atoms. The van der Waals surface area contributed by atoms with Crippen LogP contribution in [0, 0.1) is 0 Å². The maximum Gasteiger partial charge on any atom is 0.115 e. The molecular formula is C20H9N3S. The number of fused-ring (bicyclic) bond motifs is 2. The van der Waals surface area contributed by atoms with Crippen LogP contribution in [-0.2, 0) is 5.41 Å². The Hall–Kier alpha value is -2.81. The van der Waals surface area contributed by atoms with Crippen LogP contribution in [-0.4, -0.2) is 15.8 Å².